The van der Waals surface area contributed by atoms with Gasteiger partial charge in [-0.2, -0.15) is 0 Å². The van der Waals surface area contributed by atoms with Crippen molar-refractivity contribution < 1.29 is 29.0 Å². The summed E-state index contributed by atoms with van der Waals surface area (Å²) in [6.07, 6.45) is 1.88. The van der Waals surface area contributed by atoms with Crippen molar-refractivity contribution in [3.63, 3.8) is 0 Å². The Morgan fingerprint density at radius 2 is 1.73 bits per heavy atom. The molecule has 4 amide bonds. The van der Waals surface area contributed by atoms with Crippen molar-refractivity contribution in [2.24, 2.45) is 17.8 Å². The van der Waals surface area contributed by atoms with Gasteiger partial charge in [-0.25, -0.2) is 0 Å². The van der Waals surface area contributed by atoms with Crippen LogP contribution in [0.2, 0.25) is 5.02 Å². The van der Waals surface area contributed by atoms with Crippen LogP contribution in [0.3, 0.4) is 0 Å². The number of rotatable bonds is 5. The highest BCUT2D eigenvalue weighted by Gasteiger charge is 2.76. The number of fused-ring (bicyclic) bond motifs is 4. The molecule has 2 aliphatic heterocycles. The number of ether oxygens (including phenoxy) is 1. The first kappa shape index (κ1) is 28.5. The first-order valence-corrected chi connectivity index (χ1v) is 15.3. The molecule has 12 heteroatoms. The van der Waals surface area contributed by atoms with Crippen LogP contribution in [0.4, 0.5) is 5.69 Å². The molecule has 6 atom stereocenters. The quantitative estimate of drug-likeness (QED) is 0.197. The lowest BCUT2D eigenvalue weighted by Gasteiger charge is -2.50. The second-order valence-electron chi connectivity index (χ2n) is 10.6. The summed E-state index contributed by atoms with van der Waals surface area (Å²) in [5, 5.41) is 11.8. The molecule has 2 heterocycles. The fourth-order valence-corrected chi connectivity index (χ4v) is 8.53. The van der Waals surface area contributed by atoms with Crippen molar-refractivity contribution in [1.29, 1.82) is 0 Å². The standard InChI is InChI=1S/C29H24BrCl3N2O6/c1-2-41-20-5-3-4-18(23(20)36)22-16-10-11-17-21(25(38)35(24(17)37)15-8-6-14(31)7-9-15)19(16)12-28(32)26(39)34(13-30)27(40)29(22,28)33/h3-10,17,19,21-22,36H,2,11-13H2,1H3/t17-,19+,21-,22+,28+,29-/m0/s1. The fourth-order valence-electron chi connectivity index (χ4n) is 6.99. The van der Waals surface area contributed by atoms with E-state index in [1.807, 2.05) is 6.08 Å². The first-order valence-electron chi connectivity index (χ1n) is 13.1. The van der Waals surface area contributed by atoms with E-state index >= 15 is 0 Å². The van der Waals surface area contributed by atoms with E-state index in [9.17, 15) is 24.3 Å². The highest BCUT2D eigenvalue weighted by atomic mass is 79.9. The summed E-state index contributed by atoms with van der Waals surface area (Å²) in [5.74, 6) is -5.61. The molecular formula is C29H24BrCl3N2O6. The summed E-state index contributed by atoms with van der Waals surface area (Å²) >= 11 is 23.7. The number of phenolic OH excluding ortho intramolecular Hbond substituents is 1. The average Bonchev–Trinajstić information content (AvgIpc) is 3.28. The molecule has 8 nitrogen and oxygen atoms in total. The topological polar surface area (TPSA) is 104 Å². The molecule has 214 valence electrons. The predicted octanol–water partition coefficient (Wildman–Crippen LogP) is 5.36. The van der Waals surface area contributed by atoms with Gasteiger partial charge in [-0.15, -0.1) is 23.2 Å². The summed E-state index contributed by atoms with van der Waals surface area (Å²) in [5.41, 5.74) is 1.08. The number of nitrogens with zero attached hydrogens (tertiary/aromatic N) is 2. The van der Waals surface area contributed by atoms with Crippen LogP contribution >= 0.6 is 50.7 Å². The summed E-state index contributed by atoms with van der Waals surface area (Å²) in [4.78, 5) is 53.4. The van der Waals surface area contributed by atoms with Gasteiger partial charge in [-0.1, -0.05) is 51.3 Å². The predicted molar refractivity (Wildman–Crippen MR) is 157 cm³/mol. The fraction of sp³-hybridized carbons (Fsp3) is 0.379. The van der Waals surface area contributed by atoms with E-state index in [1.54, 1.807) is 49.4 Å². The molecule has 2 aliphatic carbocycles. The molecule has 1 N–H and O–H groups in total. The normalized spacial score (nSPS) is 32.6. The molecule has 0 spiro atoms. The van der Waals surface area contributed by atoms with E-state index in [1.165, 1.54) is 0 Å². The highest BCUT2D eigenvalue weighted by Crippen LogP contribution is 2.66. The van der Waals surface area contributed by atoms with Gasteiger partial charge in [0.25, 0.3) is 11.8 Å². The Morgan fingerprint density at radius 3 is 2.39 bits per heavy atom. The molecule has 2 saturated heterocycles. The van der Waals surface area contributed by atoms with Gasteiger partial charge in [0.05, 0.1) is 29.6 Å². The van der Waals surface area contributed by atoms with Gasteiger partial charge in [0, 0.05) is 16.5 Å². The third-order valence-corrected chi connectivity index (χ3v) is 10.9. The number of amides is 4. The lowest BCUT2D eigenvalue weighted by molar-refractivity contribution is -0.138. The van der Waals surface area contributed by atoms with Crippen molar-refractivity contribution >= 4 is 80.0 Å². The van der Waals surface area contributed by atoms with Crippen LogP contribution in [0.25, 0.3) is 0 Å². The number of carbonyl (C=O) groups excluding carboxylic acids is 4. The Kier molecular flexibility index (Phi) is 6.96. The Labute approximate surface area is 259 Å². The number of carbonyl (C=O) groups is 4. The molecule has 4 aliphatic rings. The van der Waals surface area contributed by atoms with Crippen LogP contribution in [0.15, 0.2) is 54.1 Å². The molecule has 0 radical (unpaired) electrons. The lowest BCUT2D eigenvalue weighted by Crippen LogP contribution is -2.60. The zero-order valence-corrected chi connectivity index (χ0v) is 25.5. The van der Waals surface area contributed by atoms with Gasteiger partial charge in [-0.3, -0.25) is 29.0 Å². The van der Waals surface area contributed by atoms with Crippen LogP contribution in [0.5, 0.6) is 11.5 Å². The van der Waals surface area contributed by atoms with Gasteiger partial charge in [-0.05, 0) is 56.0 Å². The maximum atomic E-state index is 14.0. The minimum atomic E-state index is -2.02. The number of anilines is 1. The van der Waals surface area contributed by atoms with Crippen molar-refractivity contribution in [3.05, 3.63) is 64.7 Å². The number of para-hydroxylation sites is 1. The molecule has 2 aromatic carbocycles. The van der Waals surface area contributed by atoms with Crippen molar-refractivity contribution in [3.8, 4) is 11.5 Å². The number of alkyl halides is 3. The van der Waals surface area contributed by atoms with E-state index in [0.29, 0.717) is 16.3 Å². The number of imide groups is 2. The summed E-state index contributed by atoms with van der Waals surface area (Å²) in [7, 11) is 0. The lowest BCUT2D eigenvalue weighted by atomic mass is 9.56. The molecule has 6 rings (SSSR count). The van der Waals surface area contributed by atoms with Gasteiger partial charge in [0.1, 0.15) is 0 Å². The maximum Gasteiger partial charge on any atom is 0.254 e. The number of hydrogen-bond donors (Lipinski definition) is 1. The van der Waals surface area contributed by atoms with Crippen LogP contribution in [-0.4, -0.2) is 55.4 Å². The molecule has 2 aromatic rings. The molecule has 41 heavy (non-hydrogen) atoms. The number of halogens is 4. The molecule has 1 saturated carbocycles. The Morgan fingerprint density at radius 1 is 1.02 bits per heavy atom. The minimum absolute atomic E-state index is 0.136. The average molecular weight is 683 g/mol. The van der Waals surface area contributed by atoms with E-state index in [0.717, 1.165) is 9.80 Å². The SMILES string of the molecule is CCOc1cccc([C@H]2C3=CC[C@@H]4C(=O)N(c5ccc(Cl)cc5)C(=O)[C@@H]4[C@@H]3C[C@@]3(Cl)C(=O)N(CBr)C(=O)[C@@]23Cl)c1O. The van der Waals surface area contributed by atoms with Crippen LogP contribution in [0.1, 0.15) is 31.2 Å². The van der Waals surface area contributed by atoms with Gasteiger partial charge in [0.15, 0.2) is 21.2 Å². The molecule has 0 aromatic heterocycles. The van der Waals surface area contributed by atoms with Gasteiger partial charge >= 0.3 is 0 Å². The Bertz CT molecular complexity index is 1530. The van der Waals surface area contributed by atoms with Crippen molar-refractivity contribution in [1.82, 2.24) is 4.90 Å². The summed E-state index contributed by atoms with van der Waals surface area (Å²) in [6.45, 7) is 2.04. The third-order valence-electron chi connectivity index (χ3n) is 8.74. The number of hydrogen-bond acceptors (Lipinski definition) is 6. The van der Waals surface area contributed by atoms with Crippen molar-refractivity contribution in [2.75, 3.05) is 17.0 Å². The monoisotopic (exact) mass is 680 g/mol. The smallest absolute Gasteiger partial charge is 0.254 e. The second-order valence-corrected chi connectivity index (χ2v) is 12.8. The number of benzene rings is 2. The van der Waals surface area contributed by atoms with E-state index < -0.39 is 51.1 Å². The van der Waals surface area contributed by atoms with E-state index in [-0.39, 0.29) is 47.9 Å². The van der Waals surface area contributed by atoms with Crippen LogP contribution < -0.4 is 9.64 Å². The number of aromatic hydroxyl groups is 1. The maximum absolute atomic E-state index is 14.0. The largest absolute Gasteiger partial charge is 0.504 e. The Hall–Kier alpha value is -2.59. The van der Waals surface area contributed by atoms with Gasteiger partial charge < -0.3 is 9.84 Å². The first-order chi connectivity index (χ1) is 19.5. The second kappa shape index (κ2) is 10.0. The zero-order valence-electron chi connectivity index (χ0n) is 21.7. The molecule has 0 bridgehead atoms. The summed E-state index contributed by atoms with van der Waals surface area (Å²) < 4.78 is 5.61. The Balaban J connectivity index is 1.53. The summed E-state index contributed by atoms with van der Waals surface area (Å²) in [6, 6.07) is 11.2. The van der Waals surface area contributed by atoms with E-state index in [2.05, 4.69) is 15.9 Å². The highest BCUT2D eigenvalue weighted by molar-refractivity contribution is 9.09. The number of phenols is 1. The van der Waals surface area contributed by atoms with Crippen molar-refractivity contribution in [2.45, 2.75) is 35.4 Å². The molecule has 0 unspecified atom stereocenters. The number of allylic oxidation sites excluding steroid dienone is 2. The van der Waals surface area contributed by atoms with Crippen LogP contribution in [-0.2, 0) is 19.2 Å². The minimum Gasteiger partial charge on any atom is -0.504 e. The van der Waals surface area contributed by atoms with Crippen LogP contribution in [0, 0.1) is 17.8 Å². The third kappa shape index (κ3) is 3.78. The zero-order chi connectivity index (χ0) is 29.4. The molecule has 3 fully saturated rings. The van der Waals surface area contributed by atoms with Gasteiger partial charge in [0.2, 0.25) is 11.8 Å². The molecular weight excluding hydrogens is 659 g/mol. The van der Waals surface area contributed by atoms with E-state index in [4.69, 9.17) is 39.5 Å². The number of likely N-dealkylation sites (tertiary alicyclic amines) is 1.